The van der Waals surface area contributed by atoms with Crippen LogP contribution >= 0.6 is 0 Å². The molecule has 0 amide bonds. The molecule has 3 rings (SSSR count). The summed E-state index contributed by atoms with van der Waals surface area (Å²) in [6.45, 7) is 0. The molecular formula is C21H22N2O3. The van der Waals surface area contributed by atoms with E-state index in [0.29, 0.717) is 11.8 Å². The fraction of sp³-hybridized carbons (Fsp3) is 0.286. The topological polar surface area (TPSA) is 76.2 Å². The average Bonchev–Trinajstić information content (AvgIpc) is 3.14. The molecule has 3 aromatic rings. The molecule has 0 unspecified atom stereocenters. The number of carbonyl (C=O) groups is 1. The third kappa shape index (κ3) is 5.02. The van der Waals surface area contributed by atoms with Crippen molar-refractivity contribution in [3.63, 3.8) is 0 Å². The van der Waals surface area contributed by atoms with E-state index in [9.17, 15) is 4.79 Å². The summed E-state index contributed by atoms with van der Waals surface area (Å²) in [5, 5.41) is 17.1. The summed E-state index contributed by atoms with van der Waals surface area (Å²) >= 11 is 0. The highest BCUT2D eigenvalue weighted by Gasteiger charge is 2.09. The molecule has 1 N–H and O–H groups in total. The van der Waals surface area contributed by atoms with Crippen LogP contribution in [0.15, 0.2) is 59.0 Å². The van der Waals surface area contributed by atoms with Crippen molar-refractivity contribution in [3.8, 4) is 11.5 Å². The Kier molecular flexibility index (Phi) is 6.14. The van der Waals surface area contributed by atoms with Crippen molar-refractivity contribution < 1.29 is 14.3 Å². The van der Waals surface area contributed by atoms with Crippen LogP contribution in [0.2, 0.25) is 0 Å². The van der Waals surface area contributed by atoms with Crippen LogP contribution in [0, 0.1) is 0 Å². The second-order valence-electron chi connectivity index (χ2n) is 6.28. The number of hydrogen-bond acceptors (Lipinski definition) is 4. The van der Waals surface area contributed by atoms with Crippen LogP contribution in [0.5, 0.6) is 0 Å². The lowest BCUT2D eigenvalue weighted by molar-refractivity contribution is 0.0697. The first-order valence-electron chi connectivity index (χ1n) is 8.92. The maximum absolute atomic E-state index is 10.9. The lowest BCUT2D eigenvalue weighted by atomic mass is 10.1. The van der Waals surface area contributed by atoms with Gasteiger partial charge in [-0.2, -0.15) is 0 Å². The van der Waals surface area contributed by atoms with Gasteiger partial charge in [0.2, 0.25) is 11.8 Å². The van der Waals surface area contributed by atoms with Gasteiger partial charge in [0.1, 0.15) is 0 Å². The van der Waals surface area contributed by atoms with E-state index in [2.05, 4.69) is 34.5 Å². The van der Waals surface area contributed by atoms with Crippen LogP contribution in [0.4, 0.5) is 0 Å². The summed E-state index contributed by atoms with van der Waals surface area (Å²) in [5.41, 5.74) is 2.36. The van der Waals surface area contributed by atoms with Crippen molar-refractivity contribution in [1.29, 1.82) is 0 Å². The van der Waals surface area contributed by atoms with Gasteiger partial charge in [-0.15, -0.1) is 10.2 Å². The highest BCUT2D eigenvalue weighted by Crippen LogP contribution is 2.19. The molecule has 0 spiro atoms. The van der Waals surface area contributed by atoms with Crippen molar-refractivity contribution in [2.24, 2.45) is 0 Å². The van der Waals surface area contributed by atoms with E-state index in [1.807, 2.05) is 6.07 Å². The van der Waals surface area contributed by atoms with E-state index in [-0.39, 0.29) is 5.56 Å². The highest BCUT2D eigenvalue weighted by atomic mass is 16.4. The van der Waals surface area contributed by atoms with Gasteiger partial charge in [0, 0.05) is 12.0 Å². The normalized spacial score (nSPS) is 10.8. The van der Waals surface area contributed by atoms with E-state index in [0.717, 1.165) is 31.2 Å². The summed E-state index contributed by atoms with van der Waals surface area (Å²) in [5.74, 6) is 0.112. The average molecular weight is 350 g/mol. The van der Waals surface area contributed by atoms with Gasteiger partial charge < -0.3 is 9.52 Å². The number of aromatic nitrogens is 2. The zero-order valence-corrected chi connectivity index (χ0v) is 14.6. The summed E-state index contributed by atoms with van der Waals surface area (Å²) < 4.78 is 5.68. The van der Waals surface area contributed by atoms with E-state index in [1.54, 1.807) is 12.1 Å². The standard InChI is InChI=1S/C21H22N2O3/c24-21(25)18-14-12-17(13-15-18)20-23-22-19(26-20)11-7-2-1-4-8-16-9-5-3-6-10-16/h3,5-6,9-10,12-15H,1-2,4,7-8,11H2,(H,24,25). The molecule has 0 saturated carbocycles. The molecule has 0 saturated heterocycles. The first-order valence-corrected chi connectivity index (χ1v) is 8.92. The monoisotopic (exact) mass is 350 g/mol. The number of aryl methyl sites for hydroxylation is 2. The van der Waals surface area contributed by atoms with Gasteiger partial charge in [-0.1, -0.05) is 43.2 Å². The van der Waals surface area contributed by atoms with Gasteiger partial charge in [-0.05, 0) is 49.1 Å². The third-order valence-corrected chi connectivity index (χ3v) is 4.29. The number of nitrogens with zero attached hydrogens (tertiary/aromatic N) is 2. The Balaban J connectivity index is 1.40. The first-order chi connectivity index (χ1) is 12.7. The zero-order chi connectivity index (χ0) is 18.2. The fourth-order valence-electron chi connectivity index (χ4n) is 2.83. The van der Waals surface area contributed by atoms with Gasteiger partial charge in [0.25, 0.3) is 0 Å². The van der Waals surface area contributed by atoms with E-state index in [1.165, 1.54) is 30.5 Å². The molecule has 0 aliphatic rings. The first kappa shape index (κ1) is 17.9. The molecular weight excluding hydrogens is 328 g/mol. The van der Waals surface area contributed by atoms with Gasteiger partial charge in [0.05, 0.1) is 5.56 Å². The van der Waals surface area contributed by atoms with E-state index in [4.69, 9.17) is 9.52 Å². The minimum atomic E-state index is -0.949. The van der Waals surface area contributed by atoms with Gasteiger partial charge in [-0.25, -0.2) is 4.79 Å². The highest BCUT2D eigenvalue weighted by molar-refractivity contribution is 5.88. The van der Waals surface area contributed by atoms with Crippen molar-refractivity contribution >= 4 is 5.97 Å². The molecule has 5 nitrogen and oxygen atoms in total. The number of benzene rings is 2. The van der Waals surface area contributed by atoms with E-state index < -0.39 is 5.97 Å². The van der Waals surface area contributed by atoms with Gasteiger partial charge in [0.15, 0.2) is 0 Å². The Bertz CT molecular complexity index is 826. The molecule has 134 valence electrons. The molecule has 2 aromatic carbocycles. The second kappa shape index (κ2) is 8.94. The molecule has 0 bridgehead atoms. The maximum Gasteiger partial charge on any atom is 0.335 e. The minimum Gasteiger partial charge on any atom is -0.478 e. The lowest BCUT2D eigenvalue weighted by Gasteiger charge is -2.01. The van der Waals surface area contributed by atoms with Crippen LogP contribution < -0.4 is 0 Å². The number of rotatable bonds is 9. The zero-order valence-electron chi connectivity index (χ0n) is 14.6. The fourth-order valence-corrected chi connectivity index (χ4v) is 2.83. The number of hydrogen-bond donors (Lipinski definition) is 1. The Morgan fingerprint density at radius 2 is 1.54 bits per heavy atom. The largest absolute Gasteiger partial charge is 0.478 e. The Morgan fingerprint density at radius 1 is 0.846 bits per heavy atom. The van der Waals surface area contributed by atoms with Crippen LogP contribution in [0.3, 0.4) is 0 Å². The van der Waals surface area contributed by atoms with Crippen molar-refractivity contribution in [2.45, 2.75) is 38.5 Å². The smallest absolute Gasteiger partial charge is 0.335 e. The quantitative estimate of drug-likeness (QED) is 0.562. The van der Waals surface area contributed by atoms with Gasteiger partial charge in [-0.3, -0.25) is 0 Å². The summed E-state index contributed by atoms with van der Waals surface area (Å²) in [6, 6.07) is 17.0. The van der Waals surface area contributed by atoms with Crippen molar-refractivity contribution in [2.75, 3.05) is 0 Å². The Hall–Kier alpha value is -2.95. The predicted octanol–water partition coefficient (Wildman–Crippen LogP) is 4.78. The Labute approximate surface area is 152 Å². The van der Waals surface area contributed by atoms with Crippen molar-refractivity contribution in [1.82, 2.24) is 10.2 Å². The third-order valence-electron chi connectivity index (χ3n) is 4.29. The number of carboxylic acids is 1. The molecule has 26 heavy (non-hydrogen) atoms. The molecule has 0 atom stereocenters. The summed E-state index contributed by atoms with van der Waals surface area (Å²) in [4.78, 5) is 10.9. The summed E-state index contributed by atoms with van der Waals surface area (Å²) in [6.07, 6.45) is 6.43. The molecule has 0 aliphatic carbocycles. The van der Waals surface area contributed by atoms with E-state index >= 15 is 0 Å². The minimum absolute atomic E-state index is 0.240. The van der Waals surface area contributed by atoms with Crippen LogP contribution in [-0.2, 0) is 12.8 Å². The van der Waals surface area contributed by atoms with Crippen LogP contribution in [0.25, 0.3) is 11.5 Å². The lowest BCUT2D eigenvalue weighted by Crippen LogP contribution is -1.94. The second-order valence-corrected chi connectivity index (χ2v) is 6.28. The molecule has 0 radical (unpaired) electrons. The summed E-state index contributed by atoms with van der Waals surface area (Å²) in [7, 11) is 0. The maximum atomic E-state index is 10.9. The van der Waals surface area contributed by atoms with Gasteiger partial charge >= 0.3 is 5.97 Å². The van der Waals surface area contributed by atoms with Crippen LogP contribution in [0.1, 0.15) is 47.5 Å². The SMILES string of the molecule is O=C(O)c1ccc(-c2nnc(CCCCCCc3ccccc3)o2)cc1. The molecule has 1 heterocycles. The number of aromatic carboxylic acids is 1. The molecule has 5 heteroatoms. The molecule has 0 fully saturated rings. The van der Waals surface area contributed by atoms with Crippen LogP contribution in [-0.4, -0.2) is 21.3 Å². The number of unbranched alkanes of at least 4 members (excludes halogenated alkanes) is 3. The predicted molar refractivity (Wildman–Crippen MR) is 99.0 cm³/mol. The Morgan fingerprint density at radius 3 is 2.23 bits per heavy atom. The molecule has 0 aliphatic heterocycles. The van der Waals surface area contributed by atoms with Crippen molar-refractivity contribution in [3.05, 3.63) is 71.6 Å². The number of carboxylic acid groups (broad SMARTS) is 1. The molecule has 1 aromatic heterocycles.